The van der Waals surface area contributed by atoms with Gasteiger partial charge in [-0.1, -0.05) is 12.8 Å². The van der Waals surface area contributed by atoms with E-state index in [1.807, 2.05) is 13.2 Å². The number of nitrogens with one attached hydrogen (secondary N) is 2. The molecule has 1 aliphatic rings. The SMILES string of the molecule is CSCC(C)NC(=O)NCC1(O)CCCC1. The van der Waals surface area contributed by atoms with Crippen LogP contribution in [0.25, 0.3) is 0 Å². The van der Waals surface area contributed by atoms with Crippen molar-refractivity contribution >= 4 is 17.8 Å². The van der Waals surface area contributed by atoms with Gasteiger partial charge in [0.15, 0.2) is 0 Å². The molecule has 1 fully saturated rings. The summed E-state index contributed by atoms with van der Waals surface area (Å²) in [6.45, 7) is 2.34. The molecule has 0 aromatic rings. The molecule has 16 heavy (non-hydrogen) atoms. The maximum Gasteiger partial charge on any atom is 0.315 e. The van der Waals surface area contributed by atoms with E-state index in [0.717, 1.165) is 31.4 Å². The molecule has 0 heterocycles. The maximum absolute atomic E-state index is 11.5. The molecule has 0 aliphatic heterocycles. The topological polar surface area (TPSA) is 61.4 Å². The summed E-state index contributed by atoms with van der Waals surface area (Å²) in [5, 5.41) is 15.6. The second-order valence-corrected chi connectivity index (χ2v) is 5.53. The molecule has 5 heteroatoms. The van der Waals surface area contributed by atoms with Crippen molar-refractivity contribution in [1.82, 2.24) is 10.6 Å². The summed E-state index contributed by atoms with van der Waals surface area (Å²) in [4.78, 5) is 11.5. The van der Waals surface area contributed by atoms with Gasteiger partial charge in [-0.05, 0) is 26.0 Å². The molecule has 0 bridgehead atoms. The molecule has 1 atom stereocenters. The minimum atomic E-state index is -0.667. The van der Waals surface area contributed by atoms with E-state index in [1.54, 1.807) is 11.8 Å². The van der Waals surface area contributed by atoms with Gasteiger partial charge in [-0.3, -0.25) is 0 Å². The zero-order chi connectivity index (χ0) is 12.0. The molecule has 94 valence electrons. The fourth-order valence-corrected chi connectivity index (χ4v) is 2.60. The smallest absolute Gasteiger partial charge is 0.315 e. The van der Waals surface area contributed by atoms with Crippen LogP contribution in [-0.4, -0.2) is 41.3 Å². The first-order valence-electron chi connectivity index (χ1n) is 5.81. The van der Waals surface area contributed by atoms with Crippen molar-refractivity contribution < 1.29 is 9.90 Å². The Balaban J connectivity index is 2.19. The van der Waals surface area contributed by atoms with Gasteiger partial charge in [0.05, 0.1) is 5.60 Å². The molecule has 0 radical (unpaired) electrons. The second kappa shape index (κ2) is 6.35. The number of urea groups is 1. The van der Waals surface area contributed by atoms with E-state index in [1.165, 1.54) is 0 Å². The third-order valence-corrected chi connectivity index (χ3v) is 3.74. The van der Waals surface area contributed by atoms with Crippen molar-refractivity contribution in [2.24, 2.45) is 0 Å². The number of thioether (sulfide) groups is 1. The van der Waals surface area contributed by atoms with E-state index in [4.69, 9.17) is 0 Å². The Morgan fingerprint density at radius 1 is 1.50 bits per heavy atom. The van der Waals surface area contributed by atoms with Gasteiger partial charge in [0.25, 0.3) is 0 Å². The van der Waals surface area contributed by atoms with E-state index in [0.29, 0.717) is 6.54 Å². The Hall–Kier alpha value is -0.420. The summed E-state index contributed by atoms with van der Waals surface area (Å²) in [7, 11) is 0. The van der Waals surface area contributed by atoms with Gasteiger partial charge in [-0.15, -0.1) is 0 Å². The lowest BCUT2D eigenvalue weighted by Gasteiger charge is -2.23. The van der Waals surface area contributed by atoms with E-state index >= 15 is 0 Å². The van der Waals surface area contributed by atoms with Gasteiger partial charge < -0.3 is 15.7 Å². The molecule has 3 N–H and O–H groups in total. The number of hydrogen-bond donors (Lipinski definition) is 3. The molecule has 2 amide bonds. The van der Waals surface area contributed by atoms with Crippen LogP contribution >= 0.6 is 11.8 Å². The molecule has 4 nitrogen and oxygen atoms in total. The first kappa shape index (κ1) is 13.6. The summed E-state index contributed by atoms with van der Waals surface area (Å²) in [5.41, 5.74) is -0.667. The minimum absolute atomic E-state index is 0.160. The Morgan fingerprint density at radius 3 is 2.69 bits per heavy atom. The number of carbonyl (C=O) groups excluding carboxylic acids is 1. The van der Waals surface area contributed by atoms with Crippen LogP contribution in [0.4, 0.5) is 4.79 Å². The minimum Gasteiger partial charge on any atom is -0.388 e. The van der Waals surface area contributed by atoms with E-state index in [2.05, 4.69) is 10.6 Å². The quantitative estimate of drug-likeness (QED) is 0.686. The molecular formula is C11H22N2O2S. The van der Waals surface area contributed by atoms with Crippen LogP contribution in [0, 0.1) is 0 Å². The zero-order valence-electron chi connectivity index (χ0n) is 10.1. The third kappa shape index (κ3) is 4.61. The predicted molar refractivity (Wildman–Crippen MR) is 67.8 cm³/mol. The lowest BCUT2D eigenvalue weighted by Crippen LogP contribution is -2.47. The van der Waals surface area contributed by atoms with Gasteiger partial charge in [0, 0.05) is 18.3 Å². The summed E-state index contributed by atoms with van der Waals surface area (Å²) < 4.78 is 0. The Labute approximate surface area is 102 Å². The van der Waals surface area contributed by atoms with Crippen molar-refractivity contribution in [3.63, 3.8) is 0 Å². The first-order valence-corrected chi connectivity index (χ1v) is 7.21. The number of aliphatic hydroxyl groups is 1. The van der Waals surface area contributed by atoms with E-state index in [-0.39, 0.29) is 12.1 Å². The van der Waals surface area contributed by atoms with E-state index < -0.39 is 5.60 Å². The normalized spacial score (nSPS) is 20.4. The van der Waals surface area contributed by atoms with Crippen LogP contribution in [0.2, 0.25) is 0 Å². The number of hydrogen-bond acceptors (Lipinski definition) is 3. The average Bonchev–Trinajstić information content (AvgIpc) is 2.63. The lowest BCUT2D eigenvalue weighted by molar-refractivity contribution is 0.0500. The summed E-state index contributed by atoms with van der Waals surface area (Å²) in [6.07, 6.45) is 5.73. The molecule has 1 rings (SSSR count). The molecule has 0 aromatic carbocycles. The van der Waals surface area contributed by atoms with Crippen molar-refractivity contribution in [2.45, 2.75) is 44.2 Å². The number of rotatable bonds is 5. The summed E-state index contributed by atoms with van der Waals surface area (Å²) in [5.74, 6) is 0.900. The largest absolute Gasteiger partial charge is 0.388 e. The van der Waals surface area contributed by atoms with Gasteiger partial charge in [-0.2, -0.15) is 11.8 Å². The molecule has 0 saturated heterocycles. The Bertz CT molecular complexity index is 230. The van der Waals surface area contributed by atoms with Crippen molar-refractivity contribution in [2.75, 3.05) is 18.6 Å². The highest BCUT2D eigenvalue weighted by atomic mass is 32.2. The zero-order valence-corrected chi connectivity index (χ0v) is 10.9. The van der Waals surface area contributed by atoms with Gasteiger partial charge in [-0.25, -0.2) is 4.79 Å². The van der Waals surface area contributed by atoms with E-state index in [9.17, 15) is 9.90 Å². The molecule has 0 spiro atoms. The van der Waals surface area contributed by atoms with Crippen LogP contribution in [-0.2, 0) is 0 Å². The highest BCUT2D eigenvalue weighted by Crippen LogP contribution is 2.28. The monoisotopic (exact) mass is 246 g/mol. The maximum atomic E-state index is 11.5. The predicted octanol–water partition coefficient (Wildman–Crippen LogP) is 1.34. The standard InChI is InChI=1S/C11H22N2O2S/c1-9(7-16-2)13-10(14)12-8-11(15)5-3-4-6-11/h9,15H,3-8H2,1-2H3,(H2,12,13,14). The Morgan fingerprint density at radius 2 is 2.12 bits per heavy atom. The molecule has 0 aromatic heterocycles. The lowest BCUT2D eigenvalue weighted by atomic mass is 10.0. The highest BCUT2D eigenvalue weighted by Gasteiger charge is 2.31. The molecular weight excluding hydrogens is 224 g/mol. The average molecular weight is 246 g/mol. The number of amides is 2. The molecule has 1 aliphatic carbocycles. The third-order valence-electron chi connectivity index (χ3n) is 2.91. The van der Waals surface area contributed by atoms with Crippen LogP contribution in [0.1, 0.15) is 32.6 Å². The van der Waals surface area contributed by atoms with Crippen LogP contribution in [0.3, 0.4) is 0 Å². The first-order chi connectivity index (χ1) is 7.56. The number of carbonyl (C=O) groups is 1. The summed E-state index contributed by atoms with van der Waals surface area (Å²) >= 11 is 1.70. The molecule has 1 saturated carbocycles. The Kier molecular flexibility index (Phi) is 5.41. The van der Waals surface area contributed by atoms with Gasteiger partial charge >= 0.3 is 6.03 Å². The fourth-order valence-electron chi connectivity index (χ4n) is 2.02. The second-order valence-electron chi connectivity index (χ2n) is 4.61. The van der Waals surface area contributed by atoms with Crippen LogP contribution in [0.15, 0.2) is 0 Å². The van der Waals surface area contributed by atoms with Crippen LogP contribution in [0.5, 0.6) is 0 Å². The highest BCUT2D eigenvalue weighted by molar-refractivity contribution is 7.98. The van der Waals surface area contributed by atoms with Crippen molar-refractivity contribution in [1.29, 1.82) is 0 Å². The van der Waals surface area contributed by atoms with Crippen molar-refractivity contribution in [3.05, 3.63) is 0 Å². The molecule has 1 unspecified atom stereocenters. The van der Waals surface area contributed by atoms with Crippen molar-refractivity contribution in [3.8, 4) is 0 Å². The van der Waals surface area contributed by atoms with Crippen LogP contribution < -0.4 is 10.6 Å². The fraction of sp³-hybridized carbons (Fsp3) is 0.909. The van der Waals surface area contributed by atoms with Gasteiger partial charge in [0.1, 0.15) is 0 Å². The summed E-state index contributed by atoms with van der Waals surface area (Å²) in [6, 6.07) is -0.0184. The van der Waals surface area contributed by atoms with Gasteiger partial charge in [0.2, 0.25) is 0 Å².